The number of amides is 3. The number of hydrogen-bond acceptors (Lipinski definition) is 5. The molecule has 0 bridgehead atoms. The Morgan fingerprint density at radius 1 is 1.00 bits per heavy atom. The maximum atomic E-state index is 13.0. The smallest absolute Gasteiger partial charge is 0.398 e. The molecule has 36 heavy (non-hydrogen) atoms. The van der Waals surface area contributed by atoms with E-state index in [1.165, 1.54) is 6.92 Å². The molecule has 0 aliphatic heterocycles. The highest BCUT2D eigenvalue weighted by atomic mass is 19.4. The van der Waals surface area contributed by atoms with Gasteiger partial charge in [0.2, 0.25) is 11.8 Å². The van der Waals surface area contributed by atoms with E-state index in [9.17, 15) is 27.6 Å². The molecule has 0 aliphatic rings. The van der Waals surface area contributed by atoms with E-state index < -0.39 is 47.1 Å². The normalized spacial score (nSPS) is 13.0. The van der Waals surface area contributed by atoms with Crippen molar-refractivity contribution in [3.05, 3.63) is 64.2 Å². The predicted octanol–water partition coefficient (Wildman–Crippen LogP) is 2.44. The van der Waals surface area contributed by atoms with E-state index >= 15 is 0 Å². The topological polar surface area (TPSA) is 125 Å². The number of aryl methyl sites for hydroxylation is 2. The Morgan fingerprint density at radius 3 is 2.31 bits per heavy atom. The standard InChI is InChI=1S/C25H32F3N5O3/c1-5-31-23(36)24(4,14-30-12-17-7-6-15(2)10-16(17)3)33-21(34)13-32-22(35)19-11-18(25(26,27)28)8-9-20(19)29/h6-11,30H,5,12-14,29H2,1-4H3,(H,31,36)(H,32,35)(H,33,34)/t24-/m0/s1. The average molecular weight is 508 g/mol. The van der Waals surface area contributed by atoms with E-state index in [-0.39, 0.29) is 12.2 Å². The van der Waals surface area contributed by atoms with Crippen molar-refractivity contribution < 1.29 is 27.6 Å². The summed E-state index contributed by atoms with van der Waals surface area (Å²) in [7, 11) is 0. The lowest BCUT2D eigenvalue weighted by Gasteiger charge is -2.30. The lowest BCUT2D eigenvalue weighted by atomic mass is 10.00. The average Bonchev–Trinajstić information content (AvgIpc) is 2.78. The first-order valence-electron chi connectivity index (χ1n) is 11.4. The molecule has 11 heteroatoms. The Labute approximate surface area is 208 Å². The molecule has 0 radical (unpaired) electrons. The zero-order valence-electron chi connectivity index (χ0n) is 20.7. The van der Waals surface area contributed by atoms with Crippen molar-refractivity contribution in [2.24, 2.45) is 0 Å². The van der Waals surface area contributed by atoms with Crippen LogP contribution in [0.15, 0.2) is 36.4 Å². The second-order valence-electron chi connectivity index (χ2n) is 8.76. The van der Waals surface area contributed by atoms with E-state index in [0.717, 1.165) is 28.8 Å². The molecule has 6 N–H and O–H groups in total. The van der Waals surface area contributed by atoms with Crippen LogP contribution < -0.4 is 27.0 Å². The van der Waals surface area contributed by atoms with E-state index in [4.69, 9.17) is 5.73 Å². The summed E-state index contributed by atoms with van der Waals surface area (Å²) in [5.41, 5.74) is 5.94. The molecule has 0 fully saturated rings. The molecule has 0 aliphatic carbocycles. The van der Waals surface area contributed by atoms with E-state index in [0.29, 0.717) is 19.2 Å². The zero-order valence-corrected chi connectivity index (χ0v) is 20.7. The van der Waals surface area contributed by atoms with Crippen molar-refractivity contribution in [3.8, 4) is 0 Å². The number of nitrogens with one attached hydrogen (secondary N) is 4. The van der Waals surface area contributed by atoms with Crippen molar-refractivity contribution in [2.45, 2.75) is 46.0 Å². The van der Waals surface area contributed by atoms with Crippen LogP contribution in [0.1, 0.15) is 46.5 Å². The van der Waals surface area contributed by atoms with Gasteiger partial charge in [0.05, 0.1) is 17.7 Å². The van der Waals surface area contributed by atoms with Crippen LogP contribution >= 0.6 is 0 Å². The number of carbonyl (C=O) groups is 3. The van der Waals surface area contributed by atoms with Crippen molar-refractivity contribution >= 4 is 23.4 Å². The van der Waals surface area contributed by atoms with Gasteiger partial charge >= 0.3 is 6.18 Å². The molecular formula is C25H32F3N5O3. The van der Waals surface area contributed by atoms with Gasteiger partial charge in [-0.15, -0.1) is 0 Å². The summed E-state index contributed by atoms with van der Waals surface area (Å²) in [5.74, 6) is -2.07. The second kappa shape index (κ2) is 11.9. The zero-order chi connectivity index (χ0) is 27.1. The summed E-state index contributed by atoms with van der Waals surface area (Å²) in [6, 6.07) is 8.37. The number of anilines is 1. The molecule has 8 nitrogen and oxygen atoms in total. The number of benzene rings is 2. The van der Waals surface area contributed by atoms with Crippen molar-refractivity contribution in [1.82, 2.24) is 21.3 Å². The predicted molar refractivity (Wildman–Crippen MR) is 131 cm³/mol. The van der Waals surface area contributed by atoms with Gasteiger partial charge in [-0.1, -0.05) is 23.8 Å². The molecule has 0 heterocycles. The van der Waals surface area contributed by atoms with Crippen molar-refractivity contribution in [2.75, 3.05) is 25.4 Å². The number of alkyl halides is 3. The van der Waals surface area contributed by atoms with Gasteiger partial charge < -0.3 is 27.0 Å². The number of rotatable bonds is 10. The Bertz CT molecular complexity index is 1120. The number of likely N-dealkylation sites (N-methyl/N-ethyl adjacent to an activating group) is 1. The first-order valence-corrected chi connectivity index (χ1v) is 11.4. The van der Waals surface area contributed by atoms with E-state index in [2.05, 4.69) is 21.3 Å². The molecule has 2 aromatic carbocycles. The maximum absolute atomic E-state index is 13.0. The van der Waals surface area contributed by atoms with Crippen LogP contribution in [-0.4, -0.2) is 42.9 Å². The third-order valence-corrected chi connectivity index (χ3v) is 5.58. The van der Waals surface area contributed by atoms with E-state index in [1.54, 1.807) is 6.92 Å². The molecule has 0 aromatic heterocycles. The largest absolute Gasteiger partial charge is 0.416 e. The minimum Gasteiger partial charge on any atom is -0.398 e. The van der Waals surface area contributed by atoms with Gasteiger partial charge in [-0.25, -0.2) is 0 Å². The molecule has 0 spiro atoms. The van der Waals surface area contributed by atoms with Gasteiger partial charge in [-0.2, -0.15) is 13.2 Å². The third-order valence-electron chi connectivity index (χ3n) is 5.58. The van der Waals surface area contributed by atoms with Crippen molar-refractivity contribution in [3.63, 3.8) is 0 Å². The summed E-state index contributed by atoms with van der Waals surface area (Å²) >= 11 is 0. The first kappa shape index (κ1) is 28.6. The lowest BCUT2D eigenvalue weighted by molar-refractivity contribution is -0.137. The number of nitrogens with two attached hydrogens (primary N) is 1. The minimum absolute atomic E-state index is 0.0897. The summed E-state index contributed by atoms with van der Waals surface area (Å²) in [4.78, 5) is 37.7. The van der Waals surface area contributed by atoms with Crippen LogP contribution in [0.4, 0.5) is 18.9 Å². The van der Waals surface area contributed by atoms with Crippen LogP contribution in [0, 0.1) is 13.8 Å². The minimum atomic E-state index is -4.65. The Hall–Kier alpha value is -3.60. The summed E-state index contributed by atoms with van der Waals surface area (Å²) in [5, 5.41) is 10.7. The van der Waals surface area contributed by atoms with Crippen molar-refractivity contribution in [1.29, 1.82) is 0 Å². The number of nitrogen functional groups attached to an aromatic ring is 1. The van der Waals surface area contributed by atoms with Gasteiger partial charge in [0.25, 0.3) is 5.91 Å². The molecule has 2 rings (SSSR count). The van der Waals surface area contributed by atoms with Crippen LogP contribution in [0.2, 0.25) is 0 Å². The van der Waals surface area contributed by atoms with Crippen LogP contribution in [-0.2, 0) is 22.3 Å². The van der Waals surface area contributed by atoms with Crippen LogP contribution in [0.25, 0.3) is 0 Å². The quantitative estimate of drug-likeness (QED) is 0.316. The van der Waals surface area contributed by atoms with Gasteiger partial charge in [-0.05, 0) is 57.0 Å². The fourth-order valence-corrected chi connectivity index (χ4v) is 3.57. The highest BCUT2D eigenvalue weighted by molar-refractivity contribution is 6.01. The molecule has 2 aromatic rings. The Balaban J connectivity index is 2.04. The van der Waals surface area contributed by atoms with Crippen LogP contribution in [0.5, 0.6) is 0 Å². The summed E-state index contributed by atoms with van der Waals surface area (Å²) in [6.07, 6.45) is -4.65. The molecule has 0 saturated heterocycles. The van der Waals surface area contributed by atoms with Gasteiger partial charge in [0.1, 0.15) is 5.54 Å². The fourth-order valence-electron chi connectivity index (χ4n) is 3.57. The number of carbonyl (C=O) groups excluding carboxylic acids is 3. The fraction of sp³-hybridized carbons (Fsp3) is 0.400. The lowest BCUT2D eigenvalue weighted by Crippen LogP contribution is -2.62. The summed E-state index contributed by atoms with van der Waals surface area (Å²) < 4.78 is 38.9. The second-order valence-corrected chi connectivity index (χ2v) is 8.76. The monoisotopic (exact) mass is 507 g/mol. The maximum Gasteiger partial charge on any atom is 0.416 e. The van der Waals surface area contributed by atoms with Crippen LogP contribution in [0.3, 0.4) is 0 Å². The molecule has 0 saturated carbocycles. The van der Waals surface area contributed by atoms with Gasteiger partial charge in [-0.3, -0.25) is 14.4 Å². The molecule has 3 amide bonds. The molecule has 1 atom stereocenters. The van der Waals surface area contributed by atoms with E-state index in [1.807, 2.05) is 32.0 Å². The first-order chi connectivity index (χ1) is 16.8. The highest BCUT2D eigenvalue weighted by Crippen LogP contribution is 2.31. The molecule has 196 valence electrons. The Morgan fingerprint density at radius 2 is 1.69 bits per heavy atom. The molecular weight excluding hydrogens is 475 g/mol. The third kappa shape index (κ3) is 7.70. The number of halogens is 3. The SMILES string of the molecule is CCNC(=O)[C@](C)(CNCc1ccc(C)cc1C)NC(=O)CNC(=O)c1cc(C(F)(F)F)ccc1N. The molecule has 0 unspecified atom stereocenters. The van der Waals surface area contributed by atoms with Gasteiger partial charge in [0, 0.05) is 25.3 Å². The summed E-state index contributed by atoms with van der Waals surface area (Å²) in [6.45, 7) is 7.57. The number of hydrogen-bond donors (Lipinski definition) is 5. The highest BCUT2D eigenvalue weighted by Gasteiger charge is 2.35. The Kier molecular flexibility index (Phi) is 9.46. The van der Waals surface area contributed by atoms with Gasteiger partial charge in [0.15, 0.2) is 0 Å².